The Bertz CT molecular complexity index is 549. The summed E-state index contributed by atoms with van der Waals surface area (Å²) in [5.41, 5.74) is 1.56. The number of halogens is 1. The zero-order valence-electron chi connectivity index (χ0n) is 11.2. The molecule has 0 fully saturated rings. The number of aryl methyl sites for hydroxylation is 1. The highest BCUT2D eigenvalue weighted by Crippen LogP contribution is 2.15. The van der Waals surface area contributed by atoms with Gasteiger partial charge in [0, 0.05) is 22.3 Å². The number of amides is 1. The maximum absolute atomic E-state index is 12.0. The maximum Gasteiger partial charge on any atom is 0.251 e. The third-order valence-corrected chi connectivity index (χ3v) is 4.04. The fraction of sp³-hybridized carbons (Fsp3) is 0.462. The SMILES string of the molecule is Cc1cc(Br)cc(C(=O)N[C@@H](C)CCS(C)(=O)=O)c1. The van der Waals surface area contributed by atoms with Crippen LogP contribution in [0.25, 0.3) is 0 Å². The molecule has 0 heterocycles. The summed E-state index contributed by atoms with van der Waals surface area (Å²) in [5, 5.41) is 2.80. The second-order valence-corrected chi connectivity index (χ2v) is 7.99. The highest BCUT2D eigenvalue weighted by molar-refractivity contribution is 9.10. The lowest BCUT2D eigenvalue weighted by molar-refractivity contribution is 0.0939. The van der Waals surface area contributed by atoms with E-state index in [0.29, 0.717) is 12.0 Å². The topological polar surface area (TPSA) is 63.2 Å². The Kier molecular flexibility index (Phi) is 5.55. The Hall–Kier alpha value is -0.880. The van der Waals surface area contributed by atoms with Crippen LogP contribution >= 0.6 is 15.9 Å². The smallest absolute Gasteiger partial charge is 0.251 e. The summed E-state index contributed by atoms with van der Waals surface area (Å²) < 4.78 is 23.0. The number of carbonyl (C=O) groups excluding carboxylic acids is 1. The van der Waals surface area contributed by atoms with E-state index < -0.39 is 9.84 Å². The molecule has 0 saturated carbocycles. The molecule has 0 bridgehead atoms. The molecule has 1 atom stereocenters. The molecule has 0 unspecified atom stereocenters. The van der Waals surface area contributed by atoms with Gasteiger partial charge in [0.05, 0.1) is 5.75 Å². The predicted octanol–water partition coefficient (Wildman–Crippen LogP) is 2.31. The van der Waals surface area contributed by atoms with Gasteiger partial charge in [-0.3, -0.25) is 4.79 Å². The second-order valence-electron chi connectivity index (χ2n) is 4.81. The van der Waals surface area contributed by atoms with Crippen molar-refractivity contribution in [3.63, 3.8) is 0 Å². The van der Waals surface area contributed by atoms with E-state index in [1.165, 1.54) is 6.26 Å². The van der Waals surface area contributed by atoms with Crippen LogP contribution in [-0.4, -0.2) is 32.4 Å². The van der Waals surface area contributed by atoms with Gasteiger partial charge in [-0.1, -0.05) is 15.9 Å². The van der Waals surface area contributed by atoms with Crippen LogP contribution < -0.4 is 5.32 Å². The van der Waals surface area contributed by atoms with Gasteiger partial charge in [-0.05, 0) is 44.0 Å². The Labute approximate surface area is 122 Å². The molecular formula is C13H18BrNO3S. The first-order valence-corrected chi connectivity index (χ1v) is 8.78. The third-order valence-electron chi connectivity index (χ3n) is 2.60. The Morgan fingerprint density at radius 2 is 2.00 bits per heavy atom. The molecule has 0 aromatic heterocycles. The fourth-order valence-electron chi connectivity index (χ4n) is 1.64. The molecule has 4 nitrogen and oxygen atoms in total. The number of nitrogens with one attached hydrogen (secondary N) is 1. The van der Waals surface area contributed by atoms with Crippen molar-refractivity contribution in [2.45, 2.75) is 26.3 Å². The lowest BCUT2D eigenvalue weighted by Gasteiger charge is -2.13. The van der Waals surface area contributed by atoms with Gasteiger partial charge in [-0.15, -0.1) is 0 Å². The fourth-order valence-corrected chi connectivity index (χ4v) is 3.03. The highest BCUT2D eigenvalue weighted by atomic mass is 79.9. The zero-order chi connectivity index (χ0) is 14.6. The molecule has 0 saturated heterocycles. The monoisotopic (exact) mass is 347 g/mol. The zero-order valence-corrected chi connectivity index (χ0v) is 13.6. The van der Waals surface area contributed by atoms with E-state index in [4.69, 9.17) is 0 Å². The molecule has 6 heteroatoms. The van der Waals surface area contributed by atoms with E-state index in [1.54, 1.807) is 19.1 Å². The maximum atomic E-state index is 12.0. The molecule has 1 rings (SSSR count). The molecule has 0 aliphatic heterocycles. The molecule has 1 N–H and O–H groups in total. The van der Waals surface area contributed by atoms with Crippen LogP contribution in [0.1, 0.15) is 29.3 Å². The van der Waals surface area contributed by atoms with Crippen molar-refractivity contribution < 1.29 is 13.2 Å². The predicted molar refractivity (Wildman–Crippen MR) is 80.1 cm³/mol. The van der Waals surface area contributed by atoms with Gasteiger partial charge in [-0.2, -0.15) is 0 Å². The van der Waals surface area contributed by atoms with Crippen molar-refractivity contribution in [1.29, 1.82) is 0 Å². The highest BCUT2D eigenvalue weighted by Gasteiger charge is 2.12. The minimum Gasteiger partial charge on any atom is -0.350 e. The number of rotatable bonds is 5. The van der Waals surface area contributed by atoms with Crippen LogP contribution in [0, 0.1) is 6.92 Å². The van der Waals surface area contributed by atoms with E-state index in [2.05, 4.69) is 21.2 Å². The van der Waals surface area contributed by atoms with Crippen LogP contribution in [0.4, 0.5) is 0 Å². The lowest BCUT2D eigenvalue weighted by atomic mass is 10.1. The van der Waals surface area contributed by atoms with Crippen molar-refractivity contribution in [2.24, 2.45) is 0 Å². The molecule has 19 heavy (non-hydrogen) atoms. The minimum atomic E-state index is -2.99. The third kappa shape index (κ3) is 6.20. The first-order valence-electron chi connectivity index (χ1n) is 5.93. The standard InChI is InChI=1S/C13H18BrNO3S/c1-9-6-11(8-12(14)7-9)13(16)15-10(2)4-5-19(3,17)18/h6-8,10H,4-5H2,1-3H3,(H,15,16)/t10-/m0/s1. The summed E-state index contributed by atoms with van der Waals surface area (Å²) >= 11 is 3.35. The van der Waals surface area contributed by atoms with E-state index in [0.717, 1.165) is 10.0 Å². The second kappa shape index (κ2) is 6.52. The van der Waals surface area contributed by atoms with Crippen molar-refractivity contribution in [3.8, 4) is 0 Å². The van der Waals surface area contributed by atoms with E-state index in [1.807, 2.05) is 13.0 Å². The summed E-state index contributed by atoms with van der Waals surface area (Å²) in [5.74, 6) is -0.114. The molecule has 1 amide bonds. The Morgan fingerprint density at radius 3 is 2.53 bits per heavy atom. The van der Waals surface area contributed by atoms with Gasteiger partial charge >= 0.3 is 0 Å². The van der Waals surface area contributed by atoms with E-state index in [-0.39, 0.29) is 17.7 Å². The Balaban J connectivity index is 2.64. The van der Waals surface area contributed by atoms with E-state index >= 15 is 0 Å². The number of hydrogen-bond donors (Lipinski definition) is 1. The Morgan fingerprint density at radius 1 is 1.37 bits per heavy atom. The van der Waals surface area contributed by atoms with Crippen LogP contribution in [0.2, 0.25) is 0 Å². The molecule has 0 radical (unpaired) electrons. The van der Waals surface area contributed by atoms with Gasteiger partial charge in [0.15, 0.2) is 0 Å². The van der Waals surface area contributed by atoms with Crippen molar-refractivity contribution in [1.82, 2.24) is 5.32 Å². The number of benzene rings is 1. The lowest BCUT2D eigenvalue weighted by Crippen LogP contribution is -2.33. The van der Waals surface area contributed by atoms with Crippen molar-refractivity contribution in [3.05, 3.63) is 33.8 Å². The molecule has 1 aromatic rings. The summed E-state index contributed by atoms with van der Waals surface area (Å²) in [6.45, 7) is 3.71. The average Bonchev–Trinajstić information content (AvgIpc) is 2.24. The quantitative estimate of drug-likeness (QED) is 0.888. The van der Waals surface area contributed by atoms with Gasteiger partial charge in [0.25, 0.3) is 5.91 Å². The van der Waals surface area contributed by atoms with Crippen LogP contribution in [0.5, 0.6) is 0 Å². The first kappa shape index (κ1) is 16.2. The summed E-state index contributed by atoms with van der Waals surface area (Å²) in [6.07, 6.45) is 1.61. The number of hydrogen-bond acceptors (Lipinski definition) is 3. The normalized spacial score (nSPS) is 13.1. The molecular weight excluding hydrogens is 330 g/mol. The molecule has 0 spiro atoms. The van der Waals surface area contributed by atoms with Gasteiger partial charge in [0.2, 0.25) is 0 Å². The van der Waals surface area contributed by atoms with Crippen LogP contribution in [-0.2, 0) is 9.84 Å². The molecule has 1 aromatic carbocycles. The summed E-state index contributed by atoms with van der Waals surface area (Å²) in [7, 11) is -2.99. The molecule has 0 aliphatic rings. The van der Waals surface area contributed by atoms with Crippen molar-refractivity contribution in [2.75, 3.05) is 12.0 Å². The van der Waals surface area contributed by atoms with Gasteiger partial charge < -0.3 is 5.32 Å². The number of sulfone groups is 1. The van der Waals surface area contributed by atoms with Crippen LogP contribution in [0.3, 0.4) is 0 Å². The molecule has 0 aliphatic carbocycles. The van der Waals surface area contributed by atoms with Gasteiger partial charge in [-0.25, -0.2) is 8.42 Å². The van der Waals surface area contributed by atoms with Crippen molar-refractivity contribution >= 4 is 31.7 Å². The largest absolute Gasteiger partial charge is 0.350 e. The molecule has 106 valence electrons. The first-order chi connectivity index (χ1) is 8.67. The van der Waals surface area contributed by atoms with Crippen LogP contribution in [0.15, 0.2) is 22.7 Å². The minimum absolute atomic E-state index is 0.0754. The van der Waals surface area contributed by atoms with E-state index in [9.17, 15) is 13.2 Å². The summed E-state index contributed by atoms with van der Waals surface area (Å²) in [6, 6.07) is 5.28. The number of carbonyl (C=O) groups is 1. The average molecular weight is 348 g/mol. The van der Waals surface area contributed by atoms with Gasteiger partial charge in [0.1, 0.15) is 9.84 Å². The summed E-state index contributed by atoms with van der Waals surface area (Å²) in [4.78, 5) is 12.0.